The van der Waals surface area contributed by atoms with Gasteiger partial charge in [-0.15, -0.1) is 24.0 Å². The molecule has 1 aliphatic rings. The summed E-state index contributed by atoms with van der Waals surface area (Å²) in [5.74, 6) is 0.269. The zero-order valence-corrected chi connectivity index (χ0v) is 10.4. The van der Waals surface area contributed by atoms with Crippen molar-refractivity contribution in [1.82, 2.24) is 0 Å². The zero-order chi connectivity index (χ0) is 10.5. The largest absolute Gasteiger partial charge is 0.294 e. The van der Waals surface area contributed by atoms with Gasteiger partial charge in [0.1, 0.15) is 0 Å². The second-order valence-corrected chi connectivity index (χ2v) is 6.73. The molecule has 0 bridgehead atoms. The standard InChI is InChI=1S/C11H14OS2/c1-6-7-4-11(2,3)5-8(12)9(7)10(13)14-6/h13H,4-5H2,1-3H3. The van der Waals surface area contributed by atoms with E-state index in [1.54, 1.807) is 11.3 Å². The van der Waals surface area contributed by atoms with Crippen LogP contribution >= 0.6 is 24.0 Å². The van der Waals surface area contributed by atoms with Crippen LogP contribution in [0, 0.1) is 12.3 Å². The lowest BCUT2D eigenvalue weighted by Crippen LogP contribution is -2.26. The Labute approximate surface area is 93.9 Å². The van der Waals surface area contributed by atoms with Gasteiger partial charge >= 0.3 is 0 Å². The molecule has 0 aromatic carbocycles. The molecular formula is C11H14OS2. The van der Waals surface area contributed by atoms with Crippen LogP contribution in [0.1, 0.15) is 41.1 Å². The van der Waals surface area contributed by atoms with Crippen molar-refractivity contribution in [2.45, 2.75) is 37.8 Å². The first-order valence-corrected chi connectivity index (χ1v) is 6.01. The average Bonchev–Trinajstić information content (AvgIpc) is 2.24. The summed E-state index contributed by atoms with van der Waals surface area (Å²) in [6, 6.07) is 0. The van der Waals surface area contributed by atoms with Gasteiger partial charge in [-0.1, -0.05) is 13.8 Å². The quantitative estimate of drug-likeness (QED) is 0.670. The Morgan fingerprint density at radius 3 is 2.64 bits per heavy atom. The molecule has 0 amide bonds. The molecule has 0 saturated heterocycles. The van der Waals surface area contributed by atoms with Gasteiger partial charge in [0, 0.05) is 16.9 Å². The van der Waals surface area contributed by atoms with Crippen molar-refractivity contribution in [3.8, 4) is 0 Å². The van der Waals surface area contributed by atoms with Crippen LogP contribution in [-0.4, -0.2) is 5.78 Å². The molecular weight excluding hydrogens is 212 g/mol. The fraction of sp³-hybridized carbons (Fsp3) is 0.545. The number of hydrogen-bond acceptors (Lipinski definition) is 3. The molecule has 1 heterocycles. The van der Waals surface area contributed by atoms with E-state index in [0.29, 0.717) is 6.42 Å². The molecule has 1 nitrogen and oxygen atoms in total. The Morgan fingerprint density at radius 2 is 2.00 bits per heavy atom. The summed E-state index contributed by atoms with van der Waals surface area (Å²) in [7, 11) is 0. The van der Waals surface area contributed by atoms with Crippen LogP contribution in [0.15, 0.2) is 4.21 Å². The first kappa shape index (κ1) is 10.2. The minimum atomic E-state index is 0.121. The number of ketones is 1. The number of thiophene rings is 1. The number of rotatable bonds is 0. The van der Waals surface area contributed by atoms with Gasteiger partial charge in [-0.2, -0.15) is 0 Å². The zero-order valence-electron chi connectivity index (χ0n) is 8.68. The van der Waals surface area contributed by atoms with E-state index < -0.39 is 0 Å². The van der Waals surface area contributed by atoms with Gasteiger partial charge in [0.15, 0.2) is 5.78 Å². The van der Waals surface area contributed by atoms with Gasteiger partial charge in [-0.05, 0) is 24.3 Å². The van der Waals surface area contributed by atoms with E-state index in [9.17, 15) is 4.79 Å². The number of thiol groups is 1. The normalized spacial score (nSPS) is 19.6. The molecule has 0 spiro atoms. The van der Waals surface area contributed by atoms with Gasteiger partial charge < -0.3 is 0 Å². The molecule has 0 atom stereocenters. The Bertz CT molecular complexity index is 402. The van der Waals surface area contributed by atoms with E-state index in [4.69, 9.17) is 0 Å². The predicted octanol–water partition coefficient (Wildman–Crippen LogP) is 3.50. The summed E-state index contributed by atoms with van der Waals surface area (Å²) >= 11 is 6.00. The third kappa shape index (κ3) is 1.52. The monoisotopic (exact) mass is 226 g/mol. The number of hydrogen-bond donors (Lipinski definition) is 1. The molecule has 0 saturated carbocycles. The molecule has 0 fully saturated rings. The summed E-state index contributed by atoms with van der Waals surface area (Å²) in [6.45, 7) is 6.39. The van der Waals surface area contributed by atoms with Crippen molar-refractivity contribution in [3.05, 3.63) is 16.0 Å². The van der Waals surface area contributed by atoms with Crippen LogP contribution in [0.25, 0.3) is 0 Å². The molecule has 0 radical (unpaired) electrons. The third-order valence-corrected chi connectivity index (χ3v) is 4.21. The van der Waals surface area contributed by atoms with Gasteiger partial charge in [-0.3, -0.25) is 4.79 Å². The van der Waals surface area contributed by atoms with E-state index in [2.05, 4.69) is 33.4 Å². The fourth-order valence-electron chi connectivity index (χ4n) is 2.13. The first-order chi connectivity index (χ1) is 6.41. The lowest BCUT2D eigenvalue weighted by atomic mass is 9.74. The molecule has 14 heavy (non-hydrogen) atoms. The van der Waals surface area contributed by atoms with Crippen LogP contribution < -0.4 is 0 Å². The number of aryl methyl sites for hydroxylation is 1. The van der Waals surface area contributed by atoms with Crippen LogP contribution in [-0.2, 0) is 6.42 Å². The van der Waals surface area contributed by atoms with Crippen LogP contribution in [0.4, 0.5) is 0 Å². The Balaban J connectivity index is 2.58. The van der Waals surface area contributed by atoms with Gasteiger partial charge in [-0.25, -0.2) is 0 Å². The van der Waals surface area contributed by atoms with E-state index in [1.807, 2.05) is 0 Å². The van der Waals surface area contributed by atoms with Crippen molar-refractivity contribution in [3.63, 3.8) is 0 Å². The second-order valence-electron chi connectivity index (χ2n) is 4.76. The molecule has 0 N–H and O–H groups in total. The summed E-state index contributed by atoms with van der Waals surface area (Å²) in [6.07, 6.45) is 1.67. The van der Waals surface area contributed by atoms with Crippen molar-refractivity contribution < 1.29 is 4.79 Å². The molecule has 76 valence electrons. The molecule has 1 aromatic rings. The van der Waals surface area contributed by atoms with Gasteiger partial charge in [0.25, 0.3) is 0 Å². The highest BCUT2D eigenvalue weighted by Gasteiger charge is 2.34. The third-order valence-electron chi connectivity index (χ3n) is 2.76. The SMILES string of the molecule is Cc1sc(S)c2c1CC(C)(C)CC2=O. The van der Waals surface area contributed by atoms with E-state index in [1.165, 1.54) is 10.4 Å². The maximum atomic E-state index is 11.9. The van der Waals surface area contributed by atoms with Crippen LogP contribution in [0.5, 0.6) is 0 Å². The summed E-state index contributed by atoms with van der Waals surface area (Å²) in [4.78, 5) is 13.1. The van der Waals surface area contributed by atoms with E-state index >= 15 is 0 Å². The average molecular weight is 226 g/mol. The first-order valence-electron chi connectivity index (χ1n) is 4.75. The van der Waals surface area contributed by atoms with E-state index in [0.717, 1.165) is 16.2 Å². The smallest absolute Gasteiger partial charge is 0.165 e. The topological polar surface area (TPSA) is 17.1 Å². The maximum absolute atomic E-state index is 11.9. The van der Waals surface area contributed by atoms with Crippen molar-refractivity contribution in [2.75, 3.05) is 0 Å². The Morgan fingerprint density at radius 1 is 1.36 bits per heavy atom. The molecule has 1 aromatic heterocycles. The fourth-order valence-corrected chi connectivity index (χ4v) is 3.72. The lowest BCUT2D eigenvalue weighted by Gasteiger charge is -2.29. The minimum absolute atomic E-state index is 0.121. The highest BCUT2D eigenvalue weighted by Crippen LogP contribution is 2.42. The van der Waals surface area contributed by atoms with E-state index in [-0.39, 0.29) is 11.2 Å². The molecule has 0 unspecified atom stereocenters. The second kappa shape index (κ2) is 3.11. The number of carbonyl (C=O) groups excluding carboxylic acids is 1. The molecule has 1 aliphatic carbocycles. The van der Waals surface area contributed by atoms with Crippen molar-refractivity contribution in [1.29, 1.82) is 0 Å². The highest BCUT2D eigenvalue weighted by molar-refractivity contribution is 7.83. The van der Waals surface area contributed by atoms with Gasteiger partial charge in [0.2, 0.25) is 0 Å². The van der Waals surface area contributed by atoms with Crippen LogP contribution in [0.3, 0.4) is 0 Å². The highest BCUT2D eigenvalue weighted by atomic mass is 32.2. The summed E-state index contributed by atoms with van der Waals surface area (Å²) < 4.78 is 0.901. The van der Waals surface area contributed by atoms with Crippen LogP contribution in [0.2, 0.25) is 0 Å². The minimum Gasteiger partial charge on any atom is -0.294 e. The summed E-state index contributed by atoms with van der Waals surface area (Å²) in [5.41, 5.74) is 2.26. The number of Topliss-reactive ketones (excluding diaryl/α,β-unsaturated/α-hetero) is 1. The maximum Gasteiger partial charge on any atom is 0.165 e. The molecule has 3 heteroatoms. The summed E-state index contributed by atoms with van der Waals surface area (Å²) in [5, 5.41) is 0. The van der Waals surface area contributed by atoms with Crippen molar-refractivity contribution in [2.24, 2.45) is 5.41 Å². The molecule has 0 aliphatic heterocycles. The number of carbonyl (C=O) groups is 1. The molecule has 2 rings (SSSR count). The Hall–Kier alpha value is -0.280. The number of fused-ring (bicyclic) bond motifs is 1. The van der Waals surface area contributed by atoms with Gasteiger partial charge in [0.05, 0.1) is 4.21 Å². The predicted molar refractivity (Wildman–Crippen MR) is 62.7 cm³/mol. The van der Waals surface area contributed by atoms with Crippen molar-refractivity contribution >= 4 is 29.7 Å². The lowest BCUT2D eigenvalue weighted by molar-refractivity contribution is 0.0910. The Kier molecular flexibility index (Phi) is 2.27.